The van der Waals surface area contributed by atoms with Gasteiger partial charge in [-0.3, -0.25) is 4.79 Å². The van der Waals surface area contributed by atoms with Crippen LogP contribution in [0.15, 0.2) is 48.5 Å². The maximum absolute atomic E-state index is 12.5. The highest BCUT2D eigenvalue weighted by Gasteiger charge is 2.18. The minimum Gasteiger partial charge on any atom is -0.497 e. The highest BCUT2D eigenvalue weighted by atomic mass is 16.5. The number of nitrogens with zero attached hydrogens (tertiary/aromatic N) is 1. The quantitative estimate of drug-likeness (QED) is 0.858. The van der Waals surface area contributed by atoms with Gasteiger partial charge in [0.1, 0.15) is 11.5 Å². The molecule has 0 unspecified atom stereocenters. The number of rotatable bonds is 4. The summed E-state index contributed by atoms with van der Waals surface area (Å²) < 4.78 is 10.4. The van der Waals surface area contributed by atoms with Crippen molar-refractivity contribution in [3.8, 4) is 11.5 Å². The smallest absolute Gasteiger partial charge is 0.261 e. The van der Waals surface area contributed by atoms with Crippen molar-refractivity contribution in [3.05, 3.63) is 54.1 Å². The van der Waals surface area contributed by atoms with Crippen molar-refractivity contribution in [1.29, 1.82) is 0 Å². The van der Waals surface area contributed by atoms with E-state index in [0.29, 0.717) is 17.1 Å². The second kappa shape index (κ2) is 6.10. The minimum atomic E-state index is -0.129. The lowest BCUT2D eigenvalue weighted by Gasteiger charge is -2.19. The first-order chi connectivity index (χ1) is 9.67. The Hall–Kier alpha value is -2.49. The van der Waals surface area contributed by atoms with Crippen LogP contribution < -0.4 is 14.4 Å². The molecule has 2 aromatic carbocycles. The van der Waals surface area contributed by atoms with E-state index in [0.717, 1.165) is 5.69 Å². The first-order valence-corrected chi connectivity index (χ1v) is 6.22. The summed E-state index contributed by atoms with van der Waals surface area (Å²) in [6, 6.07) is 14.6. The molecule has 0 aliphatic rings. The fourth-order valence-electron chi connectivity index (χ4n) is 1.92. The second-order valence-electron chi connectivity index (χ2n) is 4.27. The van der Waals surface area contributed by atoms with E-state index in [1.807, 2.05) is 30.3 Å². The summed E-state index contributed by atoms with van der Waals surface area (Å²) in [5.41, 5.74) is 1.33. The number of hydrogen-bond donors (Lipinski definition) is 0. The van der Waals surface area contributed by atoms with Crippen LogP contribution in [0.3, 0.4) is 0 Å². The minimum absolute atomic E-state index is 0.129. The molecule has 0 aliphatic carbocycles. The molecular formula is C16H17NO3. The zero-order chi connectivity index (χ0) is 14.5. The summed E-state index contributed by atoms with van der Waals surface area (Å²) in [7, 11) is 4.85. The zero-order valence-electron chi connectivity index (χ0n) is 11.8. The summed E-state index contributed by atoms with van der Waals surface area (Å²) in [4.78, 5) is 14.1. The van der Waals surface area contributed by atoms with Gasteiger partial charge in [-0.1, -0.05) is 18.2 Å². The number of benzene rings is 2. The van der Waals surface area contributed by atoms with Gasteiger partial charge in [-0.25, -0.2) is 0 Å². The number of carbonyl (C=O) groups is 1. The highest BCUT2D eigenvalue weighted by Crippen LogP contribution is 2.26. The van der Waals surface area contributed by atoms with E-state index in [1.54, 1.807) is 37.3 Å². The fourth-order valence-corrected chi connectivity index (χ4v) is 1.92. The third-order valence-electron chi connectivity index (χ3n) is 3.09. The molecule has 2 rings (SSSR count). The van der Waals surface area contributed by atoms with Crippen molar-refractivity contribution in [2.45, 2.75) is 0 Å². The van der Waals surface area contributed by atoms with E-state index >= 15 is 0 Å². The van der Waals surface area contributed by atoms with E-state index in [-0.39, 0.29) is 5.91 Å². The van der Waals surface area contributed by atoms with Crippen molar-refractivity contribution < 1.29 is 14.3 Å². The van der Waals surface area contributed by atoms with Crippen molar-refractivity contribution in [3.63, 3.8) is 0 Å². The number of methoxy groups -OCH3 is 2. The van der Waals surface area contributed by atoms with Crippen molar-refractivity contribution >= 4 is 11.6 Å². The Balaban J connectivity index is 2.33. The molecule has 4 nitrogen and oxygen atoms in total. The molecule has 104 valence electrons. The molecule has 0 radical (unpaired) electrons. The lowest BCUT2D eigenvalue weighted by Crippen LogP contribution is -2.26. The maximum Gasteiger partial charge on any atom is 0.261 e. The Labute approximate surface area is 118 Å². The van der Waals surface area contributed by atoms with Crippen LogP contribution in [-0.4, -0.2) is 27.2 Å². The highest BCUT2D eigenvalue weighted by molar-refractivity contribution is 6.07. The molecule has 0 spiro atoms. The van der Waals surface area contributed by atoms with E-state index in [2.05, 4.69) is 0 Å². The summed E-state index contributed by atoms with van der Waals surface area (Å²) in [5, 5.41) is 0. The maximum atomic E-state index is 12.5. The average Bonchev–Trinajstić information content (AvgIpc) is 2.53. The normalized spacial score (nSPS) is 9.95. The summed E-state index contributed by atoms with van der Waals surface area (Å²) >= 11 is 0. The summed E-state index contributed by atoms with van der Waals surface area (Å²) in [6.07, 6.45) is 0. The Morgan fingerprint density at radius 1 is 1.00 bits per heavy atom. The lowest BCUT2D eigenvalue weighted by molar-refractivity contribution is 0.0990. The summed E-state index contributed by atoms with van der Waals surface area (Å²) in [5.74, 6) is 1.02. The number of ether oxygens (including phenoxy) is 2. The van der Waals surface area contributed by atoms with Gasteiger partial charge >= 0.3 is 0 Å². The molecule has 0 saturated carbocycles. The largest absolute Gasteiger partial charge is 0.497 e. The van der Waals surface area contributed by atoms with Gasteiger partial charge in [-0.2, -0.15) is 0 Å². The molecule has 0 aromatic heterocycles. The molecule has 0 aliphatic heterocycles. The molecule has 2 aromatic rings. The van der Waals surface area contributed by atoms with Gasteiger partial charge in [0, 0.05) is 18.8 Å². The van der Waals surface area contributed by atoms with Gasteiger partial charge in [-0.05, 0) is 24.3 Å². The number of hydrogen-bond acceptors (Lipinski definition) is 3. The number of para-hydroxylation sites is 1. The SMILES string of the molecule is COc1ccc(C(=O)N(C)c2ccccc2)c(OC)c1. The van der Waals surface area contributed by atoms with E-state index in [1.165, 1.54) is 7.11 Å². The van der Waals surface area contributed by atoms with Crippen molar-refractivity contribution in [1.82, 2.24) is 0 Å². The molecule has 20 heavy (non-hydrogen) atoms. The zero-order valence-corrected chi connectivity index (χ0v) is 11.8. The van der Waals surface area contributed by atoms with Crippen LogP contribution in [0.25, 0.3) is 0 Å². The van der Waals surface area contributed by atoms with Gasteiger partial charge in [0.25, 0.3) is 5.91 Å². The molecule has 0 fully saturated rings. The summed E-state index contributed by atoms with van der Waals surface area (Å²) in [6.45, 7) is 0. The molecule has 1 amide bonds. The van der Waals surface area contributed by atoms with E-state index in [9.17, 15) is 4.79 Å². The van der Waals surface area contributed by atoms with Crippen LogP contribution >= 0.6 is 0 Å². The fraction of sp³-hybridized carbons (Fsp3) is 0.188. The van der Waals surface area contributed by atoms with Gasteiger partial charge in [0.05, 0.1) is 19.8 Å². The molecule has 4 heteroatoms. The topological polar surface area (TPSA) is 38.8 Å². The Bertz CT molecular complexity index is 596. The lowest BCUT2D eigenvalue weighted by atomic mass is 10.1. The molecule has 0 heterocycles. The van der Waals surface area contributed by atoms with Crippen molar-refractivity contribution in [2.24, 2.45) is 0 Å². The van der Waals surface area contributed by atoms with Crippen LogP contribution in [0.5, 0.6) is 11.5 Å². The standard InChI is InChI=1S/C16H17NO3/c1-17(12-7-5-4-6-8-12)16(18)14-10-9-13(19-2)11-15(14)20-3/h4-11H,1-3H3. The number of amides is 1. The average molecular weight is 271 g/mol. The number of anilines is 1. The molecule has 0 atom stereocenters. The Kier molecular flexibility index (Phi) is 4.25. The number of carbonyl (C=O) groups excluding carboxylic acids is 1. The van der Waals surface area contributed by atoms with E-state index < -0.39 is 0 Å². The van der Waals surface area contributed by atoms with Gasteiger partial charge in [-0.15, -0.1) is 0 Å². The third-order valence-corrected chi connectivity index (χ3v) is 3.09. The van der Waals surface area contributed by atoms with Crippen molar-refractivity contribution in [2.75, 3.05) is 26.2 Å². The predicted molar refractivity (Wildman–Crippen MR) is 78.7 cm³/mol. The van der Waals surface area contributed by atoms with Gasteiger partial charge in [0.2, 0.25) is 0 Å². The Morgan fingerprint density at radius 2 is 1.70 bits per heavy atom. The van der Waals surface area contributed by atoms with E-state index in [4.69, 9.17) is 9.47 Å². The monoisotopic (exact) mass is 271 g/mol. The van der Waals surface area contributed by atoms with Crippen LogP contribution in [0.4, 0.5) is 5.69 Å². The third kappa shape index (κ3) is 2.74. The molecule has 0 N–H and O–H groups in total. The Morgan fingerprint density at radius 3 is 2.30 bits per heavy atom. The predicted octanol–water partition coefficient (Wildman–Crippen LogP) is 2.98. The van der Waals surface area contributed by atoms with Crippen LogP contribution in [0.1, 0.15) is 10.4 Å². The van der Waals surface area contributed by atoms with Crippen LogP contribution in [-0.2, 0) is 0 Å². The molecule has 0 bridgehead atoms. The van der Waals surface area contributed by atoms with Crippen LogP contribution in [0, 0.1) is 0 Å². The van der Waals surface area contributed by atoms with Gasteiger partial charge in [0.15, 0.2) is 0 Å². The molecule has 0 saturated heterocycles. The van der Waals surface area contributed by atoms with Gasteiger partial charge < -0.3 is 14.4 Å². The first-order valence-electron chi connectivity index (χ1n) is 6.22. The molecular weight excluding hydrogens is 254 g/mol. The van der Waals surface area contributed by atoms with Crippen LogP contribution in [0.2, 0.25) is 0 Å². The second-order valence-corrected chi connectivity index (χ2v) is 4.27. The first kappa shape index (κ1) is 13.9.